The lowest BCUT2D eigenvalue weighted by atomic mass is 9.77. The maximum Gasteiger partial charge on any atom is 0.154 e. The summed E-state index contributed by atoms with van der Waals surface area (Å²) in [6, 6.07) is 8.08. The molecule has 1 aliphatic carbocycles. The zero-order valence-electron chi connectivity index (χ0n) is 16.1. The Balaban J connectivity index is 0.000000333. The molecular formula is C22H34O3. The minimum Gasteiger partial charge on any atom is -0.353 e. The predicted octanol–water partition coefficient (Wildman–Crippen LogP) is 5.75. The number of benzene rings is 1. The van der Waals surface area contributed by atoms with E-state index in [1.54, 1.807) is 0 Å². The fourth-order valence-electron chi connectivity index (χ4n) is 3.33. The largest absolute Gasteiger partial charge is 0.353 e. The van der Waals surface area contributed by atoms with E-state index in [-0.39, 0.29) is 6.29 Å². The number of ether oxygens (including phenoxy) is 2. The van der Waals surface area contributed by atoms with Crippen LogP contribution < -0.4 is 0 Å². The third-order valence-electron chi connectivity index (χ3n) is 4.69. The van der Waals surface area contributed by atoms with Crippen LogP contribution in [0.3, 0.4) is 0 Å². The second kappa shape index (κ2) is 12.8. The highest BCUT2D eigenvalue weighted by atomic mass is 16.7. The van der Waals surface area contributed by atoms with E-state index in [0.29, 0.717) is 5.92 Å². The van der Waals surface area contributed by atoms with Crippen molar-refractivity contribution in [1.29, 1.82) is 0 Å². The van der Waals surface area contributed by atoms with E-state index < -0.39 is 0 Å². The van der Waals surface area contributed by atoms with Gasteiger partial charge in [0.25, 0.3) is 0 Å². The minimum atomic E-state index is -0.0370. The van der Waals surface area contributed by atoms with E-state index in [9.17, 15) is 4.79 Å². The van der Waals surface area contributed by atoms with Crippen LogP contribution >= 0.6 is 0 Å². The Bertz CT molecular complexity index is 467. The Morgan fingerprint density at radius 2 is 1.64 bits per heavy atom. The molecule has 1 aromatic rings. The van der Waals surface area contributed by atoms with Crippen LogP contribution in [0.4, 0.5) is 0 Å². The molecule has 1 saturated carbocycles. The molecule has 140 valence electrons. The molecule has 0 N–H and O–H groups in total. The molecule has 0 heterocycles. The highest BCUT2D eigenvalue weighted by molar-refractivity contribution is 5.74. The zero-order chi connectivity index (χ0) is 18.5. The van der Waals surface area contributed by atoms with E-state index in [1.165, 1.54) is 31.2 Å². The molecule has 0 bridgehead atoms. The lowest BCUT2D eigenvalue weighted by molar-refractivity contribution is -0.123. The van der Waals surface area contributed by atoms with Gasteiger partial charge in [-0.2, -0.15) is 0 Å². The van der Waals surface area contributed by atoms with Gasteiger partial charge in [0.2, 0.25) is 0 Å². The van der Waals surface area contributed by atoms with Crippen LogP contribution in [0.25, 0.3) is 0 Å². The summed E-state index contributed by atoms with van der Waals surface area (Å²) >= 11 is 0. The van der Waals surface area contributed by atoms with Crippen LogP contribution in [0.5, 0.6) is 0 Å². The van der Waals surface area contributed by atoms with Crippen molar-refractivity contribution in [3.63, 3.8) is 0 Å². The second-order valence-electron chi connectivity index (χ2n) is 6.50. The van der Waals surface area contributed by atoms with E-state index in [1.807, 2.05) is 39.0 Å². The summed E-state index contributed by atoms with van der Waals surface area (Å²) in [6.07, 6.45) is 9.26. The number of carbonyl (C=O) groups excluding carboxylic acids is 1. The first-order valence-electron chi connectivity index (χ1n) is 9.53. The number of rotatable bonds is 8. The van der Waals surface area contributed by atoms with Gasteiger partial charge in [0, 0.05) is 18.8 Å². The third kappa shape index (κ3) is 8.46. The molecule has 1 aromatic carbocycles. The van der Waals surface area contributed by atoms with Crippen LogP contribution in [-0.4, -0.2) is 25.8 Å². The Morgan fingerprint density at radius 3 is 2.08 bits per heavy atom. The molecule has 0 amide bonds. The monoisotopic (exact) mass is 346 g/mol. The summed E-state index contributed by atoms with van der Waals surface area (Å²) in [7, 11) is 0. The Hall–Kier alpha value is -1.45. The Morgan fingerprint density at radius 1 is 1.08 bits per heavy atom. The normalized spacial score (nSPS) is 19.8. The molecular weight excluding hydrogens is 312 g/mol. The summed E-state index contributed by atoms with van der Waals surface area (Å²) in [6.45, 7) is 11.1. The van der Waals surface area contributed by atoms with Crippen LogP contribution in [-0.2, 0) is 9.47 Å². The average Bonchev–Trinajstić information content (AvgIpc) is 2.64. The van der Waals surface area contributed by atoms with Gasteiger partial charge in [-0.3, -0.25) is 4.79 Å². The van der Waals surface area contributed by atoms with Gasteiger partial charge < -0.3 is 9.47 Å². The summed E-state index contributed by atoms with van der Waals surface area (Å²) in [5.41, 5.74) is 2.17. The molecule has 0 atom stereocenters. The van der Waals surface area contributed by atoms with Gasteiger partial charge in [0.1, 0.15) is 6.29 Å². The summed E-state index contributed by atoms with van der Waals surface area (Å²) in [4.78, 5) is 10.6. The zero-order valence-corrected chi connectivity index (χ0v) is 16.1. The standard InChI is InChI=1S/C16H20O.C6H14O2/c1-2-3-13-4-8-15(9-5-13)16-10-6-14(12-17)7-11-16;1-4-7-6(3)8-5-2/h2,6-7,10-13,15H,1,3-5,8-9H2;6H,4-5H2,1-3H3. The van der Waals surface area contributed by atoms with Gasteiger partial charge in [0.15, 0.2) is 6.29 Å². The molecule has 3 heteroatoms. The van der Waals surface area contributed by atoms with Gasteiger partial charge in [0.05, 0.1) is 0 Å². The average molecular weight is 347 g/mol. The first-order chi connectivity index (χ1) is 12.1. The van der Waals surface area contributed by atoms with Crippen LogP contribution in [0.2, 0.25) is 0 Å². The van der Waals surface area contributed by atoms with Crippen LogP contribution in [0.1, 0.15) is 74.7 Å². The molecule has 0 aliphatic heterocycles. The van der Waals surface area contributed by atoms with Crippen molar-refractivity contribution in [2.24, 2.45) is 5.92 Å². The van der Waals surface area contributed by atoms with Gasteiger partial charge in [-0.1, -0.05) is 30.3 Å². The van der Waals surface area contributed by atoms with E-state index >= 15 is 0 Å². The molecule has 0 unspecified atom stereocenters. The minimum absolute atomic E-state index is 0.0370. The number of hydrogen-bond donors (Lipinski definition) is 0. The molecule has 0 saturated heterocycles. The van der Waals surface area contributed by atoms with E-state index in [4.69, 9.17) is 9.47 Å². The molecule has 1 fully saturated rings. The van der Waals surface area contributed by atoms with Gasteiger partial charge >= 0.3 is 0 Å². The van der Waals surface area contributed by atoms with Crippen molar-refractivity contribution < 1.29 is 14.3 Å². The number of aldehydes is 1. The van der Waals surface area contributed by atoms with Crippen molar-refractivity contribution >= 4 is 6.29 Å². The lowest BCUT2D eigenvalue weighted by Crippen LogP contribution is -2.12. The number of carbonyl (C=O) groups is 1. The summed E-state index contributed by atoms with van der Waals surface area (Å²) in [5, 5.41) is 0. The second-order valence-corrected chi connectivity index (χ2v) is 6.50. The highest BCUT2D eigenvalue weighted by Gasteiger charge is 2.21. The SMILES string of the molecule is C=CCC1CCC(c2ccc(C=O)cc2)CC1.CCOC(C)OCC. The van der Waals surface area contributed by atoms with Crippen molar-refractivity contribution in [3.05, 3.63) is 48.0 Å². The molecule has 0 spiro atoms. The van der Waals surface area contributed by atoms with E-state index in [2.05, 4.69) is 18.7 Å². The Labute approximate surface area is 153 Å². The smallest absolute Gasteiger partial charge is 0.154 e. The molecule has 0 radical (unpaired) electrons. The topological polar surface area (TPSA) is 35.5 Å². The molecule has 0 aromatic heterocycles. The van der Waals surface area contributed by atoms with Gasteiger partial charge in [-0.05, 0) is 70.3 Å². The lowest BCUT2D eigenvalue weighted by Gasteiger charge is -2.28. The van der Waals surface area contributed by atoms with Crippen molar-refractivity contribution in [2.75, 3.05) is 13.2 Å². The van der Waals surface area contributed by atoms with Crippen LogP contribution in [0.15, 0.2) is 36.9 Å². The Kier molecular flexibility index (Phi) is 11.1. The number of hydrogen-bond acceptors (Lipinski definition) is 3. The van der Waals surface area contributed by atoms with E-state index in [0.717, 1.165) is 37.4 Å². The van der Waals surface area contributed by atoms with Crippen LogP contribution in [0, 0.1) is 5.92 Å². The van der Waals surface area contributed by atoms with Gasteiger partial charge in [-0.25, -0.2) is 0 Å². The van der Waals surface area contributed by atoms with Crippen molar-refractivity contribution in [1.82, 2.24) is 0 Å². The molecule has 25 heavy (non-hydrogen) atoms. The summed E-state index contributed by atoms with van der Waals surface area (Å²) < 4.78 is 10.1. The molecule has 1 aliphatic rings. The maximum atomic E-state index is 10.6. The fraction of sp³-hybridized carbons (Fsp3) is 0.591. The first kappa shape index (κ1) is 21.6. The number of allylic oxidation sites excluding steroid dienone is 1. The molecule has 2 rings (SSSR count). The first-order valence-corrected chi connectivity index (χ1v) is 9.53. The summed E-state index contributed by atoms with van der Waals surface area (Å²) in [5.74, 6) is 1.54. The quantitative estimate of drug-likeness (QED) is 0.341. The van der Waals surface area contributed by atoms with Crippen molar-refractivity contribution in [2.45, 2.75) is 65.1 Å². The molecule has 3 nitrogen and oxygen atoms in total. The highest BCUT2D eigenvalue weighted by Crippen LogP contribution is 2.37. The predicted molar refractivity (Wildman–Crippen MR) is 104 cm³/mol. The third-order valence-corrected chi connectivity index (χ3v) is 4.69. The fourth-order valence-corrected chi connectivity index (χ4v) is 3.33. The van der Waals surface area contributed by atoms with Crippen molar-refractivity contribution in [3.8, 4) is 0 Å². The van der Waals surface area contributed by atoms with Gasteiger partial charge in [-0.15, -0.1) is 6.58 Å². The maximum absolute atomic E-state index is 10.6.